The lowest BCUT2D eigenvalue weighted by molar-refractivity contribution is -0.167. The first-order valence-corrected chi connectivity index (χ1v) is 7.20. The second-order valence-corrected chi connectivity index (χ2v) is 5.31. The number of rotatable bonds is 10. The van der Waals surface area contributed by atoms with E-state index in [-0.39, 0.29) is 6.42 Å². The van der Waals surface area contributed by atoms with Crippen molar-refractivity contribution in [3.63, 3.8) is 0 Å². The minimum Gasteiger partial charge on any atom is -0.481 e. The van der Waals surface area contributed by atoms with E-state index in [0.29, 0.717) is 5.75 Å². The predicted octanol–water partition coefficient (Wildman–Crippen LogP) is -1.01. The SMILES string of the molecule is CSCC[C@@H](NC(=O)C[C@@](O)(CC(=O)O)C(=O)O)C(=O)O. The fraction of sp³-hybridized carbons (Fsp3) is 0.636. The fourth-order valence-electron chi connectivity index (χ4n) is 1.47. The van der Waals surface area contributed by atoms with Crippen molar-refractivity contribution >= 4 is 35.6 Å². The first-order valence-electron chi connectivity index (χ1n) is 5.81. The van der Waals surface area contributed by atoms with Gasteiger partial charge in [0.15, 0.2) is 5.60 Å². The minimum absolute atomic E-state index is 0.118. The van der Waals surface area contributed by atoms with E-state index in [1.165, 1.54) is 11.8 Å². The van der Waals surface area contributed by atoms with Gasteiger partial charge in [-0.2, -0.15) is 11.8 Å². The maximum atomic E-state index is 11.6. The van der Waals surface area contributed by atoms with Gasteiger partial charge in [0.05, 0.1) is 12.8 Å². The molecule has 0 rings (SSSR count). The fourth-order valence-corrected chi connectivity index (χ4v) is 1.94. The summed E-state index contributed by atoms with van der Waals surface area (Å²) in [6.45, 7) is 0. The number of aliphatic carboxylic acids is 3. The topological polar surface area (TPSA) is 161 Å². The molecule has 0 unspecified atom stereocenters. The van der Waals surface area contributed by atoms with E-state index in [1.807, 2.05) is 0 Å². The molecule has 2 atom stereocenters. The molecule has 21 heavy (non-hydrogen) atoms. The number of aliphatic hydroxyl groups is 1. The third-order valence-electron chi connectivity index (χ3n) is 2.54. The Morgan fingerprint density at radius 2 is 1.71 bits per heavy atom. The summed E-state index contributed by atoms with van der Waals surface area (Å²) in [4.78, 5) is 43.9. The highest BCUT2D eigenvalue weighted by molar-refractivity contribution is 7.98. The van der Waals surface area contributed by atoms with Gasteiger partial charge in [0, 0.05) is 0 Å². The van der Waals surface area contributed by atoms with Crippen molar-refractivity contribution < 1.29 is 39.6 Å². The highest BCUT2D eigenvalue weighted by Crippen LogP contribution is 2.16. The van der Waals surface area contributed by atoms with Gasteiger partial charge in [0.1, 0.15) is 6.04 Å². The summed E-state index contributed by atoms with van der Waals surface area (Å²) in [6.07, 6.45) is -0.348. The van der Waals surface area contributed by atoms with Crippen LogP contribution in [0.1, 0.15) is 19.3 Å². The first-order chi connectivity index (χ1) is 9.62. The van der Waals surface area contributed by atoms with Crippen LogP contribution in [-0.2, 0) is 19.2 Å². The molecule has 0 saturated carbocycles. The van der Waals surface area contributed by atoms with Gasteiger partial charge in [-0.15, -0.1) is 0 Å². The van der Waals surface area contributed by atoms with E-state index in [9.17, 15) is 24.3 Å². The molecule has 10 heteroatoms. The van der Waals surface area contributed by atoms with E-state index in [1.54, 1.807) is 6.26 Å². The van der Waals surface area contributed by atoms with Gasteiger partial charge in [-0.1, -0.05) is 0 Å². The van der Waals surface area contributed by atoms with Crippen LogP contribution in [0.5, 0.6) is 0 Å². The number of amides is 1. The molecular weight excluding hydrogens is 306 g/mol. The summed E-state index contributed by atoms with van der Waals surface area (Å²) < 4.78 is 0. The second kappa shape index (κ2) is 8.47. The van der Waals surface area contributed by atoms with Crippen LogP contribution in [-0.4, -0.2) is 67.9 Å². The Labute approximate surface area is 124 Å². The van der Waals surface area contributed by atoms with Crippen LogP contribution in [0, 0.1) is 0 Å². The Balaban J connectivity index is 4.79. The molecule has 0 spiro atoms. The zero-order chi connectivity index (χ0) is 16.6. The molecule has 0 fully saturated rings. The second-order valence-electron chi connectivity index (χ2n) is 4.32. The van der Waals surface area contributed by atoms with Gasteiger partial charge in [-0.25, -0.2) is 9.59 Å². The van der Waals surface area contributed by atoms with Crippen molar-refractivity contribution in [1.82, 2.24) is 5.32 Å². The van der Waals surface area contributed by atoms with Crippen LogP contribution in [0.15, 0.2) is 0 Å². The van der Waals surface area contributed by atoms with Gasteiger partial charge in [-0.3, -0.25) is 9.59 Å². The molecule has 0 aromatic heterocycles. The normalized spacial score (nSPS) is 14.8. The lowest BCUT2D eigenvalue weighted by Gasteiger charge is -2.22. The molecule has 120 valence electrons. The van der Waals surface area contributed by atoms with Crippen molar-refractivity contribution in [2.45, 2.75) is 30.9 Å². The molecule has 0 aromatic carbocycles. The Hall–Kier alpha value is -1.81. The standard InChI is InChI=1S/C11H17NO8S/c1-21-3-2-6(9(16)17)12-7(13)4-11(20,10(18)19)5-8(14)15/h6,20H,2-5H2,1H3,(H,12,13)(H,14,15)(H,16,17)(H,18,19)/t6-,11-/m1/s1. The molecule has 0 aromatic rings. The van der Waals surface area contributed by atoms with Crippen molar-refractivity contribution in [2.75, 3.05) is 12.0 Å². The number of carbonyl (C=O) groups is 4. The Kier molecular flexibility index (Phi) is 7.74. The largest absolute Gasteiger partial charge is 0.481 e. The Morgan fingerprint density at radius 1 is 1.14 bits per heavy atom. The third kappa shape index (κ3) is 6.95. The average molecular weight is 323 g/mol. The van der Waals surface area contributed by atoms with Crippen LogP contribution in [0.25, 0.3) is 0 Å². The molecule has 0 saturated heterocycles. The molecule has 9 nitrogen and oxygen atoms in total. The van der Waals surface area contributed by atoms with Crippen LogP contribution < -0.4 is 5.32 Å². The van der Waals surface area contributed by atoms with Gasteiger partial charge in [0.2, 0.25) is 5.91 Å². The van der Waals surface area contributed by atoms with Gasteiger partial charge < -0.3 is 25.7 Å². The number of carbonyl (C=O) groups excluding carboxylic acids is 1. The van der Waals surface area contributed by atoms with E-state index < -0.39 is 48.3 Å². The molecule has 0 heterocycles. The van der Waals surface area contributed by atoms with Crippen LogP contribution in [0.2, 0.25) is 0 Å². The molecular formula is C11H17NO8S. The molecule has 0 aliphatic carbocycles. The summed E-state index contributed by atoms with van der Waals surface area (Å²) in [6, 6.07) is -1.23. The van der Waals surface area contributed by atoms with E-state index in [2.05, 4.69) is 5.32 Å². The highest BCUT2D eigenvalue weighted by Gasteiger charge is 2.41. The Bertz CT molecular complexity index is 426. The molecule has 0 aliphatic heterocycles. The maximum Gasteiger partial charge on any atom is 0.336 e. The third-order valence-corrected chi connectivity index (χ3v) is 3.18. The molecule has 0 radical (unpaired) electrons. The molecule has 1 amide bonds. The highest BCUT2D eigenvalue weighted by atomic mass is 32.2. The van der Waals surface area contributed by atoms with Crippen molar-refractivity contribution in [3.8, 4) is 0 Å². The zero-order valence-electron chi connectivity index (χ0n) is 11.2. The zero-order valence-corrected chi connectivity index (χ0v) is 12.1. The van der Waals surface area contributed by atoms with Crippen LogP contribution >= 0.6 is 11.8 Å². The summed E-state index contributed by atoms with van der Waals surface area (Å²) in [5, 5.41) is 38.0. The molecule has 0 bridgehead atoms. The van der Waals surface area contributed by atoms with Crippen LogP contribution in [0.3, 0.4) is 0 Å². The van der Waals surface area contributed by atoms with E-state index in [4.69, 9.17) is 15.3 Å². The number of carboxylic acid groups (broad SMARTS) is 3. The first kappa shape index (κ1) is 19.2. The lowest BCUT2D eigenvalue weighted by atomic mass is 9.95. The number of hydrogen-bond donors (Lipinski definition) is 5. The summed E-state index contributed by atoms with van der Waals surface area (Å²) in [7, 11) is 0. The number of carboxylic acids is 3. The molecule has 5 N–H and O–H groups in total. The summed E-state index contributed by atoms with van der Waals surface area (Å²) in [5.74, 6) is -5.35. The number of hydrogen-bond acceptors (Lipinski definition) is 6. The Morgan fingerprint density at radius 3 is 2.10 bits per heavy atom. The smallest absolute Gasteiger partial charge is 0.336 e. The van der Waals surface area contributed by atoms with Crippen molar-refractivity contribution in [1.29, 1.82) is 0 Å². The van der Waals surface area contributed by atoms with Gasteiger partial charge >= 0.3 is 17.9 Å². The lowest BCUT2D eigenvalue weighted by Crippen LogP contribution is -2.48. The van der Waals surface area contributed by atoms with E-state index >= 15 is 0 Å². The number of nitrogens with one attached hydrogen (secondary N) is 1. The number of thioether (sulfide) groups is 1. The van der Waals surface area contributed by atoms with E-state index in [0.717, 1.165) is 0 Å². The quantitative estimate of drug-likeness (QED) is 0.339. The predicted molar refractivity (Wildman–Crippen MR) is 72.0 cm³/mol. The maximum absolute atomic E-state index is 11.6. The minimum atomic E-state index is -2.78. The van der Waals surface area contributed by atoms with Gasteiger partial charge in [-0.05, 0) is 18.4 Å². The van der Waals surface area contributed by atoms with Crippen LogP contribution in [0.4, 0.5) is 0 Å². The summed E-state index contributed by atoms with van der Waals surface area (Å²) >= 11 is 1.37. The summed E-state index contributed by atoms with van der Waals surface area (Å²) in [5.41, 5.74) is -2.78. The average Bonchev–Trinajstić information content (AvgIpc) is 2.32. The molecule has 0 aliphatic rings. The van der Waals surface area contributed by atoms with Crippen molar-refractivity contribution in [2.24, 2.45) is 0 Å². The van der Waals surface area contributed by atoms with Gasteiger partial charge in [0.25, 0.3) is 0 Å². The van der Waals surface area contributed by atoms with Crippen molar-refractivity contribution in [3.05, 3.63) is 0 Å². The monoisotopic (exact) mass is 323 g/mol.